The van der Waals surface area contributed by atoms with Gasteiger partial charge in [0, 0.05) is 6.04 Å². The number of nitrogens with zero attached hydrogens (tertiary/aromatic N) is 4. The summed E-state index contributed by atoms with van der Waals surface area (Å²) < 4.78 is 1.92. The standard InChI is InChI=1S/C15H25N5O/c1-2-19(12-8-9-12)10-14(21)17-15-16-11-20(18-15)13-6-4-3-5-7-13/h11-13H,2-10H2,1H3,(H,17,18,21). The van der Waals surface area contributed by atoms with Gasteiger partial charge in [-0.1, -0.05) is 26.2 Å². The zero-order chi connectivity index (χ0) is 14.7. The van der Waals surface area contributed by atoms with Gasteiger partial charge in [-0.15, -0.1) is 5.10 Å². The van der Waals surface area contributed by atoms with Gasteiger partial charge in [0.2, 0.25) is 11.9 Å². The summed E-state index contributed by atoms with van der Waals surface area (Å²) >= 11 is 0. The van der Waals surface area contributed by atoms with Crippen molar-refractivity contribution >= 4 is 11.9 Å². The van der Waals surface area contributed by atoms with Crippen LogP contribution in [0.15, 0.2) is 6.33 Å². The second-order valence-corrected chi connectivity index (χ2v) is 6.18. The van der Waals surface area contributed by atoms with Gasteiger partial charge in [0.05, 0.1) is 12.6 Å². The van der Waals surface area contributed by atoms with Crippen molar-refractivity contribution < 1.29 is 4.79 Å². The molecule has 1 aromatic rings. The molecular formula is C15H25N5O. The van der Waals surface area contributed by atoms with E-state index in [1.807, 2.05) is 4.68 Å². The molecule has 21 heavy (non-hydrogen) atoms. The molecule has 1 N–H and O–H groups in total. The third-order valence-corrected chi connectivity index (χ3v) is 4.52. The first-order chi connectivity index (χ1) is 10.3. The van der Waals surface area contributed by atoms with E-state index < -0.39 is 0 Å². The fraction of sp³-hybridized carbons (Fsp3) is 0.800. The lowest BCUT2D eigenvalue weighted by Crippen LogP contribution is -2.34. The van der Waals surface area contributed by atoms with Crippen LogP contribution < -0.4 is 5.32 Å². The van der Waals surface area contributed by atoms with Gasteiger partial charge in [-0.3, -0.25) is 15.0 Å². The maximum Gasteiger partial charge on any atom is 0.248 e. The van der Waals surface area contributed by atoms with E-state index in [1.54, 1.807) is 6.33 Å². The molecule has 6 nitrogen and oxygen atoms in total. The summed E-state index contributed by atoms with van der Waals surface area (Å²) in [7, 11) is 0. The summed E-state index contributed by atoms with van der Waals surface area (Å²) in [6.45, 7) is 3.46. The lowest BCUT2D eigenvalue weighted by molar-refractivity contribution is -0.117. The molecule has 116 valence electrons. The molecule has 6 heteroatoms. The van der Waals surface area contributed by atoms with Gasteiger partial charge in [-0.2, -0.15) is 0 Å². The van der Waals surface area contributed by atoms with Crippen molar-refractivity contribution in [3.05, 3.63) is 6.33 Å². The number of nitrogens with one attached hydrogen (secondary N) is 1. The molecule has 1 heterocycles. The molecule has 0 unspecified atom stereocenters. The highest BCUT2D eigenvalue weighted by Crippen LogP contribution is 2.27. The average Bonchev–Trinajstić information content (AvgIpc) is 3.25. The Labute approximate surface area is 125 Å². The molecule has 0 aromatic carbocycles. The van der Waals surface area contributed by atoms with Crippen LogP contribution in [0.5, 0.6) is 0 Å². The average molecular weight is 291 g/mol. The number of hydrogen-bond donors (Lipinski definition) is 1. The minimum Gasteiger partial charge on any atom is -0.292 e. The third-order valence-electron chi connectivity index (χ3n) is 4.52. The van der Waals surface area contributed by atoms with Crippen molar-refractivity contribution in [2.45, 2.75) is 64.0 Å². The van der Waals surface area contributed by atoms with Gasteiger partial charge in [0.25, 0.3) is 0 Å². The summed E-state index contributed by atoms with van der Waals surface area (Å²) in [6.07, 6.45) is 10.4. The van der Waals surface area contributed by atoms with Gasteiger partial charge >= 0.3 is 0 Å². The van der Waals surface area contributed by atoms with E-state index in [2.05, 4.69) is 27.2 Å². The second-order valence-electron chi connectivity index (χ2n) is 6.18. The van der Waals surface area contributed by atoms with Crippen LogP contribution in [-0.4, -0.2) is 44.7 Å². The molecule has 0 bridgehead atoms. The van der Waals surface area contributed by atoms with E-state index in [9.17, 15) is 4.79 Å². The lowest BCUT2D eigenvalue weighted by atomic mass is 9.96. The van der Waals surface area contributed by atoms with Gasteiger partial charge in [0.15, 0.2) is 0 Å². The van der Waals surface area contributed by atoms with E-state index in [4.69, 9.17) is 0 Å². The van der Waals surface area contributed by atoms with Gasteiger partial charge in [-0.25, -0.2) is 9.67 Å². The van der Waals surface area contributed by atoms with Crippen LogP contribution in [0.2, 0.25) is 0 Å². The molecule has 2 fully saturated rings. The van der Waals surface area contributed by atoms with Crippen LogP contribution in [0.25, 0.3) is 0 Å². The fourth-order valence-corrected chi connectivity index (χ4v) is 3.14. The number of carbonyl (C=O) groups excluding carboxylic acids is 1. The molecule has 0 atom stereocenters. The molecule has 0 spiro atoms. The monoisotopic (exact) mass is 291 g/mol. The highest BCUT2D eigenvalue weighted by molar-refractivity contribution is 5.90. The molecule has 0 radical (unpaired) electrons. The van der Waals surface area contributed by atoms with Crippen LogP contribution in [0.3, 0.4) is 0 Å². The smallest absolute Gasteiger partial charge is 0.248 e. The Kier molecular flexibility index (Phi) is 4.53. The molecule has 3 rings (SSSR count). The van der Waals surface area contributed by atoms with E-state index in [-0.39, 0.29) is 5.91 Å². The quantitative estimate of drug-likeness (QED) is 0.873. The van der Waals surface area contributed by atoms with Gasteiger partial charge in [-0.05, 0) is 32.2 Å². The number of hydrogen-bond acceptors (Lipinski definition) is 4. The maximum atomic E-state index is 12.1. The molecule has 2 saturated carbocycles. The number of aromatic nitrogens is 3. The molecule has 1 aromatic heterocycles. The number of anilines is 1. The molecular weight excluding hydrogens is 266 g/mol. The van der Waals surface area contributed by atoms with Crippen molar-refractivity contribution in [2.24, 2.45) is 0 Å². The predicted molar refractivity (Wildman–Crippen MR) is 81.0 cm³/mol. The highest BCUT2D eigenvalue weighted by atomic mass is 16.2. The van der Waals surface area contributed by atoms with Crippen molar-refractivity contribution in [3.63, 3.8) is 0 Å². The molecule has 0 aliphatic heterocycles. The summed E-state index contributed by atoms with van der Waals surface area (Å²) in [5.74, 6) is 0.433. The Hall–Kier alpha value is -1.43. The summed E-state index contributed by atoms with van der Waals surface area (Å²) in [5.41, 5.74) is 0. The zero-order valence-corrected chi connectivity index (χ0v) is 12.8. The summed E-state index contributed by atoms with van der Waals surface area (Å²) in [6, 6.07) is 1.06. The Bertz CT molecular complexity index is 476. The molecule has 0 saturated heterocycles. The highest BCUT2D eigenvalue weighted by Gasteiger charge is 2.29. The third kappa shape index (κ3) is 3.81. The number of likely N-dealkylation sites (N-methyl/N-ethyl adjacent to an activating group) is 1. The van der Waals surface area contributed by atoms with Crippen molar-refractivity contribution in [1.82, 2.24) is 19.7 Å². The number of carbonyl (C=O) groups is 1. The Balaban J connectivity index is 1.52. The van der Waals surface area contributed by atoms with Gasteiger partial charge < -0.3 is 0 Å². The molecule has 1 amide bonds. The largest absolute Gasteiger partial charge is 0.292 e. The van der Waals surface area contributed by atoms with Crippen molar-refractivity contribution in [3.8, 4) is 0 Å². The van der Waals surface area contributed by atoms with E-state index in [0.29, 0.717) is 24.6 Å². The topological polar surface area (TPSA) is 63.1 Å². The first-order valence-corrected chi connectivity index (χ1v) is 8.21. The first kappa shape index (κ1) is 14.5. The maximum absolute atomic E-state index is 12.1. The van der Waals surface area contributed by atoms with Crippen LogP contribution >= 0.6 is 0 Å². The Morgan fingerprint density at radius 3 is 2.76 bits per heavy atom. The second kappa shape index (κ2) is 6.56. The van der Waals surface area contributed by atoms with Crippen LogP contribution in [0.1, 0.15) is 57.9 Å². The lowest BCUT2D eigenvalue weighted by Gasteiger charge is -2.21. The number of rotatable bonds is 6. The normalized spacial score (nSPS) is 19.9. The SMILES string of the molecule is CCN(CC(=O)Nc1ncn(C2CCCCC2)n1)C1CC1. The van der Waals surface area contributed by atoms with E-state index in [0.717, 1.165) is 6.54 Å². The van der Waals surface area contributed by atoms with Crippen molar-refractivity contribution in [1.29, 1.82) is 0 Å². The Morgan fingerprint density at radius 2 is 2.10 bits per heavy atom. The summed E-state index contributed by atoms with van der Waals surface area (Å²) in [5, 5.41) is 7.25. The molecule has 2 aliphatic rings. The Morgan fingerprint density at radius 1 is 1.33 bits per heavy atom. The zero-order valence-electron chi connectivity index (χ0n) is 12.8. The van der Waals surface area contributed by atoms with E-state index >= 15 is 0 Å². The van der Waals surface area contributed by atoms with Gasteiger partial charge in [0.1, 0.15) is 6.33 Å². The minimum absolute atomic E-state index is 0.00913. The molecule has 2 aliphatic carbocycles. The first-order valence-electron chi connectivity index (χ1n) is 8.21. The minimum atomic E-state index is -0.00913. The van der Waals surface area contributed by atoms with E-state index in [1.165, 1.54) is 44.9 Å². The fourth-order valence-electron chi connectivity index (χ4n) is 3.14. The van der Waals surface area contributed by atoms with Crippen LogP contribution in [-0.2, 0) is 4.79 Å². The van der Waals surface area contributed by atoms with Crippen LogP contribution in [0, 0.1) is 0 Å². The number of amides is 1. The van der Waals surface area contributed by atoms with Crippen LogP contribution in [0.4, 0.5) is 5.95 Å². The summed E-state index contributed by atoms with van der Waals surface area (Å²) in [4.78, 5) is 18.5. The van der Waals surface area contributed by atoms with Crippen molar-refractivity contribution in [2.75, 3.05) is 18.4 Å². The predicted octanol–water partition coefficient (Wildman–Crippen LogP) is 2.21.